The lowest BCUT2D eigenvalue weighted by Gasteiger charge is -2.22. The van der Waals surface area contributed by atoms with E-state index in [9.17, 15) is 4.79 Å². The number of unbranched alkanes of at least 4 members (excludes halogenated alkanes) is 2. The van der Waals surface area contributed by atoms with Gasteiger partial charge in [-0.3, -0.25) is 4.79 Å². The second-order valence-electron chi connectivity index (χ2n) is 10.0. The second kappa shape index (κ2) is 10.3. The Morgan fingerprint density at radius 2 is 1.26 bits per heavy atom. The molecule has 1 aromatic carbocycles. The molecule has 0 amide bonds. The van der Waals surface area contributed by atoms with Crippen LogP contribution >= 0.6 is 0 Å². The maximum Gasteiger partial charge on any atom is 0.293 e. The van der Waals surface area contributed by atoms with Gasteiger partial charge in [-0.05, 0) is 113 Å². The first-order valence-electron chi connectivity index (χ1n) is 10.7. The standard InChI is InChI=1S/C25H42O2/c1-19-20(2)22(13-9-11-15-24(4,5)6)17-23(21(19)3)14-10-12-16-25(7,8)27-18-26/h17-18H,9-16H2,1-8H3. The highest BCUT2D eigenvalue weighted by molar-refractivity contribution is 5.44. The van der Waals surface area contributed by atoms with Crippen molar-refractivity contribution in [3.05, 3.63) is 33.9 Å². The van der Waals surface area contributed by atoms with Gasteiger partial charge in [-0.15, -0.1) is 0 Å². The Balaban J connectivity index is 2.66. The van der Waals surface area contributed by atoms with Crippen molar-refractivity contribution in [2.45, 2.75) is 112 Å². The van der Waals surface area contributed by atoms with E-state index in [1.54, 1.807) is 0 Å². The Morgan fingerprint density at radius 3 is 1.70 bits per heavy atom. The number of hydrogen-bond acceptors (Lipinski definition) is 2. The molecule has 27 heavy (non-hydrogen) atoms. The van der Waals surface area contributed by atoms with Crippen LogP contribution in [0.5, 0.6) is 0 Å². The third kappa shape index (κ3) is 8.49. The Morgan fingerprint density at radius 1 is 0.778 bits per heavy atom. The number of benzene rings is 1. The minimum Gasteiger partial charge on any atom is -0.462 e. The van der Waals surface area contributed by atoms with Gasteiger partial charge in [-0.25, -0.2) is 0 Å². The average molecular weight is 375 g/mol. The summed E-state index contributed by atoms with van der Waals surface area (Å²) in [6, 6.07) is 2.46. The SMILES string of the molecule is Cc1c(CCCCC(C)(C)C)cc(CCCCC(C)(C)OC=O)c(C)c1C. The minimum atomic E-state index is -0.349. The molecule has 1 aromatic rings. The van der Waals surface area contributed by atoms with E-state index in [1.807, 2.05) is 13.8 Å². The van der Waals surface area contributed by atoms with Gasteiger partial charge < -0.3 is 4.74 Å². The topological polar surface area (TPSA) is 26.3 Å². The molecule has 1 rings (SSSR count). The zero-order valence-electron chi connectivity index (χ0n) is 19.1. The number of ether oxygens (including phenoxy) is 1. The first-order valence-corrected chi connectivity index (χ1v) is 10.7. The molecule has 0 N–H and O–H groups in total. The molecule has 0 saturated carbocycles. The molecule has 0 aromatic heterocycles. The molecule has 0 bridgehead atoms. The number of carbonyl (C=O) groups is 1. The van der Waals surface area contributed by atoms with Gasteiger partial charge in [0, 0.05) is 0 Å². The monoisotopic (exact) mass is 374 g/mol. The van der Waals surface area contributed by atoms with Crippen LogP contribution in [0.25, 0.3) is 0 Å². The molecule has 0 radical (unpaired) electrons. The summed E-state index contributed by atoms with van der Waals surface area (Å²) < 4.78 is 5.16. The molecular formula is C25H42O2. The molecule has 154 valence electrons. The molecular weight excluding hydrogens is 332 g/mol. The van der Waals surface area contributed by atoms with Crippen LogP contribution in [-0.4, -0.2) is 12.1 Å². The summed E-state index contributed by atoms with van der Waals surface area (Å²) in [5.41, 5.74) is 7.51. The molecule has 0 aliphatic heterocycles. The fourth-order valence-electron chi connectivity index (χ4n) is 3.74. The number of rotatable bonds is 11. The molecule has 2 heteroatoms. The van der Waals surface area contributed by atoms with Gasteiger partial charge in [0.25, 0.3) is 6.47 Å². The lowest BCUT2D eigenvalue weighted by molar-refractivity contribution is -0.140. The van der Waals surface area contributed by atoms with Crippen molar-refractivity contribution in [1.29, 1.82) is 0 Å². The molecule has 0 aliphatic rings. The Bertz CT molecular complexity index is 606. The predicted molar refractivity (Wildman–Crippen MR) is 116 cm³/mol. The zero-order chi connectivity index (χ0) is 20.7. The number of hydrogen-bond donors (Lipinski definition) is 0. The molecule has 0 atom stereocenters. The fourth-order valence-corrected chi connectivity index (χ4v) is 3.74. The average Bonchev–Trinajstić information content (AvgIpc) is 2.55. The normalized spacial score (nSPS) is 12.3. The Hall–Kier alpha value is -1.31. The van der Waals surface area contributed by atoms with Crippen LogP contribution in [-0.2, 0) is 22.4 Å². The van der Waals surface area contributed by atoms with Crippen molar-refractivity contribution in [1.82, 2.24) is 0 Å². The smallest absolute Gasteiger partial charge is 0.293 e. The molecule has 0 spiro atoms. The fraction of sp³-hybridized carbons (Fsp3) is 0.720. The minimum absolute atomic E-state index is 0.349. The van der Waals surface area contributed by atoms with Gasteiger partial charge in [0.15, 0.2) is 0 Å². The summed E-state index contributed by atoms with van der Waals surface area (Å²) in [7, 11) is 0. The highest BCUT2D eigenvalue weighted by atomic mass is 16.5. The molecule has 0 unspecified atom stereocenters. The van der Waals surface area contributed by atoms with Crippen LogP contribution in [0.15, 0.2) is 6.07 Å². The largest absolute Gasteiger partial charge is 0.462 e. The third-order valence-electron chi connectivity index (χ3n) is 5.90. The van der Waals surface area contributed by atoms with Crippen LogP contribution in [0.2, 0.25) is 0 Å². The highest BCUT2D eigenvalue weighted by Crippen LogP contribution is 2.27. The van der Waals surface area contributed by atoms with Crippen LogP contribution in [0.1, 0.15) is 101 Å². The van der Waals surface area contributed by atoms with E-state index < -0.39 is 0 Å². The number of carbonyl (C=O) groups excluding carboxylic acids is 1. The van der Waals surface area contributed by atoms with E-state index in [-0.39, 0.29) is 5.60 Å². The lowest BCUT2D eigenvalue weighted by Crippen LogP contribution is -2.23. The first-order chi connectivity index (χ1) is 12.5. The predicted octanol–water partition coefficient (Wildman–Crippen LogP) is 7.04. The summed E-state index contributed by atoms with van der Waals surface area (Å²) >= 11 is 0. The van der Waals surface area contributed by atoms with E-state index in [4.69, 9.17) is 4.74 Å². The highest BCUT2D eigenvalue weighted by Gasteiger charge is 2.18. The van der Waals surface area contributed by atoms with E-state index in [0.29, 0.717) is 11.9 Å². The molecule has 0 fully saturated rings. The van der Waals surface area contributed by atoms with Gasteiger partial charge in [-0.2, -0.15) is 0 Å². The second-order valence-corrected chi connectivity index (χ2v) is 10.0. The molecule has 0 heterocycles. The van der Waals surface area contributed by atoms with Crippen LogP contribution in [0, 0.1) is 26.2 Å². The third-order valence-corrected chi connectivity index (χ3v) is 5.90. The van der Waals surface area contributed by atoms with E-state index in [0.717, 1.165) is 25.7 Å². The lowest BCUT2D eigenvalue weighted by atomic mass is 9.87. The summed E-state index contributed by atoms with van der Waals surface area (Å²) in [4.78, 5) is 10.6. The van der Waals surface area contributed by atoms with Crippen molar-refractivity contribution in [3.63, 3.8) is 0 Å². The Kier molecular flexibility index (Phi) is 9.05. The number of aryl methyl sites for hydroxylation is 2. The van der Waals surface area contributed by atoms with Crippen molar-refractivity contribution >= 4 is 6.47 Å². The van der Waals surface area contributed by atoms with E-state index in [2.05, 4.69) is 47.6 Å². The molecule has 2 nitrogen and oxygen atoms in total. The van der Waals surface area contributed by atoms with Crippen molar-refractivity contribution < 1.29 is 9.53 Å². The summed E-state index contributed by atoms with van der Waals surface area (Å²) in [5, 5.41) is 0. The zero-order valence-corrected chi connectivity index (χ0v) is 19.1. The molecule has 0 aliphatic carbocycles. The van der Waals surface area contributed by atoms with Crippen molar-refractivity contribution in [2.75, 3.05) is 0 Å². The van der Waals surface area contributed by atoms with E-state index >= 15 is 0 Å². The summed E-state index contributed by atoms with van der Waals surface area (Å²) in [6.07, 6.45) is 9.30. The van der Waals surface area contributed by atoms with Crippen LogP contribution in [0.3, 0.4) is 0 Å². The van der Waals surface area contributed by atoms with Gasteiger partial charge in [-0.1, -0.05) is 33.3 Å². The van der Waals surface area contributed by atoms with Gasteiger partial charge >= 0.3 is 0 Å². The van der Waals surface area contributed by atoms with Gasteiger partial charge in [0.05, 0.1) is 0 Å². The quantitative estimate of drug-likeness (QED) is 0.307. The van der Waals surface area contributed by atoms with E-state index in [1.165, 1.54) is 53.5 Å². The maximum atomic E-state index is 10.6. The van der Waals surface area contributed by atoms with Gasteiger partial charge in [0.1, 0.15) is 5.60 Å². The van der Waals surface area contributed by atoms with Gasteiger partial charge in [0.2, 0.25) is 0 Å². The summed E-state index contributed by atoms with van der Waals surface area (Å²) in [6.45, 7) is 18.3. The van der Waals surface area contributed by atoms with Crippen molar-refractivity contribution in [3.8, 4) is 0 Å². The van der Waals surface area contributed by atoms with Crippen LogP contribution in [0.4, 0.5) is 0 Å². The van der Waals surface area contributed by atoms with Crippen molar-refractivity contribution in [2.24, 2.45) is 5.41 Å². The maximum absolute atomic E-state index is 10.6. The van der Waals surface area contributed by atoms with Crippen LogP contribution < -0.4 is 0 Å². The Labute approximate surface area is 168 Å². The molecule has 0 saturated heterocycles. The summed E-state index contributed by atoms with van der Waals surface area (Å²) in [5.74, 6) is 0. The first kappa shape index (κ1) is 23.7.